The van der Waals surface area contributed by atoms with E-state index in [9.17, 15) is 9.18 Å². The van der Waals surface area contributed by atoms with Crippen LogP contribution in [0.25, 0.3) is 6.08 Å². The highest BCUT2D eigenvalue weighted by atomic mass is 19.1. The minimum absolute atomic E-state index is 0.0697. The summed E-state index contributed by atoms with van der Waals surface area (Å²) in [7, 11) is 0. The van der Waals surface area contributed by atoms with Gasteiger partial charge in [-0.25, -0.2) is 4.39 Å². The standard InChI is InChI=1S/C14H18FNO/c1-4-11-5-6-13(15)12(7-11)8-14(17)16-9-10(2)3/h4-7,10H,1,8-9H2,2-3H3,(H,16,17). The van der Waals surface area contributed by atoms with Gasteiger partial charge in [-0.05, 0) is 29.2 Å². The van der Waals surface area contributed by atoms with E-state index in [0.29, 0.717) is 18.0 Å². The Morgan fingerprint density at radius 2 is 2.24 bits per heavy atom. The quantitative estimate of drug-likeness (QED) is 0.835. The average molecular weight is 235 g/mol. The molecule has 0 aliphatic rings. The third-order valence-corrected chi connectivity index (χ3v) is 2.36. The Kier molecular flexibility index (Phi) is 4.88. The smallest absolute Gasteiger partial charge is 0.224 e. The van der Waals surface area contributed by atoms with Crippen LogP contribution in [-0.4, -0.2) is 12.5 Å². The number of rotatable bonds is 5. The molecule has 0 aliphatic carbocycles. The maximum Gasteiger partial charge on any atom is 0.224 e. The van der Waals surface area contributed by atoms with Crippen molar-refractivity contribution >= 4 is 12.0 Å². The van der Waals surface area contributed by atoms with E-state index in [-0.39, 0.29) is 18.1 Å². The van der Waals surface area contributed by atoms with Crippen molar-refractivity contribution in [2.45, 2.75) is 20.3 Å². The van der Waals surface area contributed by atoms with Gasteiger partial charge in [-0.3, -0.25) is 4.79 Å². The molecule has 1 aromatic carbocycles. The molecule has 17 heavy (non-hydrogen) atoms. The molecule has 0 radical (unpaired) electrons. The highest BCUT2D eigenvalue weighted by Gasteiger charge is 2.08. The first kappa shape index (κ1) is 13.4. The van der Waals surface area contributed by atoms with Gasteiger partial charge in [0.2, 0.25) is 5.91 Å². The van der Waals surface area contributed by atoms with Gasteiger partial charge in [0.25, 0.3) is 0 Å². The fraction of sp³-hybridized carbons (Fsp3) is 0.357. The van der Waals surface area contributed by atoms with E-state index in [0.717, 1.165) is 5.56 Å². The first-order chi connectivity index (χ1) is 8.02. The SMILES string of the molecule is C=Cc1ccc(F)c(CC(=O)NCC(C)C)c1. The monoisotopic (exact) mass is 235 g/mol. The van der Waals surface area contributed by atoms with E-state index in [1.54, 1.807) is 18.2 Å². The molecule has 0 unspecified atom stereocenters. The van der Waals surface area contributed by atoms with Gasteiger partial charge < -0.3 is 5.32 Å². The van der Waals surface area contributed by atoms with Crippen LogP contribution in [0.5, 0.6) is 0 Å². The topological polar surface area (TPSA) is 29.1 Å². The van der Waals surface area contributed by atoms with Crippen molar-refractivity contribution in [3.63, 3.8) is 0 Å². The minimum atomic E-state index is -0.352. The third-order valence-electron chi connectivity index (χ3n) is 2.36. The summed E-state index contributed by atoms with van der Waals surface area (Å²) < 4.78 is 13.5. The zero-order valence-electron chi connectivity index (χ0n) is 10.3. The van der Waals surface area contributed by atoms with Crippen LogP contribution in [-0.2, 0) is 11.2 Å². The fourth-order valence-corrected chi connectivity index (χ4v) is 1.41. The molecule has 1 aromatic rings. The molecular weight excluding hydrogens is 217 g/mol. The van der Waals surface area contributed by atoms with Gasteiger partial charge in [0, 0.05) is 6.54 Å². The Balaban J connectivity index is 2.67. The molecular formula is C14H18FNO. The minimum Gasteiger partial charge on any atom is -0.356 e. The highest BCUT2D eigenvalue weighted by molar-refractivity contribution is 5.78. The molecule has 1 amide bonds. The fourth-order valence-electron chi connectivity index (χ4n) is 1.41. The molecule has 0 aromatic heterocycles. The van der Waals surface area contributed by atoms with Crippen LogP contribution in [0.3, 0.4) is 0 Å². The maximum atomic E-state index is 13.5. The lowest BCUT2D eigenvalue weighted by molar-refractivity contribution is -0.120. The first-order valence-electron chi connectivity index (χ1n) is 5.70. The third kappa shape index (κ3) is 4.39. The summed E-state index contributed by atoms with van der Waals surface area (Å²) in [5, 5.41) is 2.76. The van der Waals surface area contributed by atoms with E-state index in [1.807, 2.05) is 13.8 Å². The van der Waals surface area contributed by atoms with Crippen molar-refractivity contribution in [3.8, 4) is 0 Å². The summed E-state index contributed by atoms with van der Waals surface area (Å²) >= 11 is 0. The summed E-state index contributed by atoms with van der Waals surface area (Å²) in [6.45, 7) is 8.26. The Hall–Kier alpha value is -1.64. The van der Waals surface area contributed by atoms with E-state index in [1.165, 1.54) is 6.07 Å². The zero-order chi connectivity index (χ0) is 12.8. The molecule has 0 bridgehead atoms. The predicted molar refractivity (Wildman–Crippen MR) is 68.0 cm³/mol. The van der Waals surface area contributed by atoms with Gasteiger partial charge >= 0.3 is 0 Å². The van der Waals surface area contributed by atoms with E-state index < -0.39 is 0 Å². The van der Waals surface area contributed by atoms with Crippen molar-refractivity contribution in [3.05, 3.63) is 41.7 Å². The first-order valence-corrected chi connectivity index (χ1v) is 5.70. The van der Waals surface area contributed by atoms with Crippen LogP contribution in [0.2, 0.25) is 0 Å². The number of nitrogens with one attached hydrogen (secondary N) is 1. The highest BCUT2D eigenvalue weighted by Crippen LogP contribution is 2.12. The van der Waals surface area contributed by atoms with Gasteiger partial charge in [-0.15, -0.1) is 0 Å². The normalized spacial score (nSPS) is 10.4. The molecule has 1 rings (SSSR count). The lowest BCUT2D eigenvalue weighted by Gasteiger charge is -2.08. The van der Waals surface area contributed by atoms with E-state index >= 15 is 0 Å². The largest absolute Gasteiger partial charge is 0.356 e. The van der Waals surface area contributed by atoms with Gasteiger partial charge in [0.1, 0.15) is 5.82 Å². The second-order valence-corrected chi connectivity index (χ2v) is 4.43. The van der Waals surface area contributed by atoms with Crippen LogP contribution < -0.4 is 5.32 Å². The predicted octanol–water partition coefficient (Wildman–Crippen LogP) is 2.78. The number of hydrogen-bond donors (Lipinski definition) is 1. The number of carbonyl (C=O) groups excluding carboxylic acids is 1. The van der Waals surface area contributed by atoms with E-state index in [2.05, 4.69) is 11.9 Å². The summed E-state index contributed by atoms with van der Waals surface area (Å²) in [6, 6.07) is 4.65. The van der Waals surface area contributed by atoms with Crippen molar-refractivity contribution in [2.75, 3.05) is 6.54 Å². The number of hydrogen-bond acceptors (Lipinski definition) is 1. The molecule has 1 N–H and O–H groups in total. The Morgan fingerprint density at radius 1 is 1.53 bits per heavy atom. The number of halogens is 1. The second kappa shape index (κ2) is 6.18. The molecule has 0 aliphatic heterocycles. The molecule has 0 spiro atoms. The Bertz CT molecular complexity index is 413. The van der Waals surface area contributed by atoms with Crippen LogP contribution in [0.4, 0.5) is 4.39 Å². The molecule has 0 heterocycles. The molecule has 92 valence electrons. The second-order valence-electron chi connectivity index (χ2n) is 4.43. The van der Waals surface area contributed by atoms with E-state index in [4.69, 9.17) is 0 Å². The van der Waals surface area contributed by atoms with Gasteiger partial charge in [0.15, 0.2) is 0 Å². The molecule has 3 heteroatoms. The number of amides is 1. The van der Waals surface area contributed by atoms with Crippen LogP contribution in [0.15, 0.2) is 24.8 Å². The van der Waals surface area contributed by atoms with Gasteiger partial charge in [0.05, 0.1) is 6.42 Å². The summed E-state index contributed by atoms with van der Waals surface area (Å²) in [6.07, 6.45) is 1.70. The Labute approximate surface area is 102 Å². The van der Waals surface area contributed by atoms with Gasteiger partial charge in [-0.1, -0.05) is 32.6 Å². The molecule has 2 nitrogen and oxygen atoms in total. The van der Waals surface area contributed by atoms with Crippen LogP contribution >= 0.6 is 0 Å². The average Bonchev–Trinajstić information content (AvgIpc) is 2.29. The zero-order valence-corrected chi connectivity index (χ0v) is 10.3. The molecule has 0 saturated carbocycles. The Morgan fingerprint density at radius 3 is 2.82 bits per heavy atom. The van der Waals surface area contributed by atoms with Crippen LogP contribution in [0, 0.1) is 11.7 Å². The van der Waals surface area contributed by atoms with Crippen molar-refractivity contribution in [2.24, 2.45) is 5.92 Å². The molecule has 0 atom stereocenters. The molecule has 0 saturated heterocycles. The lowest BCUT2D eigenvalue weighted by Crippen LogP contribution is -2.28. The van der Waals surface area contributed by atoms with Crippen molar-refractivity contribution < 1.29 is 9.18 Å². The van der Waals surface area contributed by atoms with Gasteiger partial charge in [-0.2, -0.15) is 0 Å². The maximum absolute atomic E-state index is 13.5. The summed E-state index contributed by atoms with van der Waals surface area (Å²) in [5.41, 5.74) is 1.22. The molecule has 0 fully saturated rings. The lowest BCUT2D eigenvalue weighted by atomic mass is 10.1. The van der Waals surface area contributed by atoms with Crippen molar-refractivity contribution in [1.29, 1.82) is 0 Å². The van der Waals surface area contributed by atoms with Crippen LogP contribution in [0.1, 0.15) is 25.0 Å². The summed E-state index contributed by atoms with van der Waals surface area (Å²) in [4.78, 5) is 11.6. The summed E-state index contributed by atoms with van der Waals surface area (Å²) in [5.74, 6) is -0.114. The number of benzene rings is 1. The number of carbonyl (C=O) groups is 1. The van der Waals surface area contributed by atoms with Crippen molar-refractivity contribution in [1.82, 2.24) is 5.32 Å².